The Balaban J connectivity index is 1.88. The second-order valence-corrected chi connectivity index (χ2v) is 5.16. The Labute approximate surface area is 132 Å². The molecule has 0 radical (unpaired) electrons. The highest BCUT2D eigenvalue weighted by molar-refractivity contribution is 6.30. The van der Waals surface area contributed by atoms with Crippen molar-refractivity contribution in [1.82, 2.24) is 15.0 Å². The summed E-state index contributed by atoms with van der Waals surface area (Å²) in [5.74, 6) is -0.294. The van der Waals surface area contributed by atoms with Crippen LogP contribution >= 0.6 is 11.6 Å². The number of carbonyl (C=O) groups is 1. The molecule has 0 aliphatic carbocycles. The van der Waals surface area contributed by atoms with Gasteiger partial charge in [-0.25, -0.2) is 0 Å². The van der Waals surface area contributed by atoms with Crippen LogP contribution in [-0.4, -0.2) is 20.9 Å². The van der Waals surface area contributed by atoms with E-state index in [2.05, 4.69) is 15.5 Å². The normalized spacial score (nSPS) is 10.5. The first-order valence-electron chi connectivity index (χ1n) is 6.70. The second-order valence-electron chi connectivity index (χ2n) is 4.72. The van der Waals surface area contributed by atoms with Gasteiger partial charge in [-0.05, 0) is 37.3 Å². The summed E-state index contributed by atoms with van der Waals surface area (Å²) in [6, 6.07) is 16.4. The quantitative estimate of drug-likeness (QED) is 0.805. The summed E-state index contributed by atoms with van der Waals surface area (Å²) in [6.07, 6.45) is 0. The largest absolute Gasteiger partial charge is 0.321 e. The van der Waals surface area contributed by atoms with E-state index in [9.17, 15) is 4.79 Å². The van der Waals surface area contributed by atoms with Crippen molar-refractivity contribution in [3.63, 3.8) is 0 Å². The van der Waals surface area contributed by atoms with Crippen molar-refractivity contribution >= 4 is 23.2 Å². The molecule has 3 aromatic rings. The lowest BCUT2D eigenvalue weighted by Gasteiger charge is -2.02. The lowest BCUT2D eigenvalue weighted by Crippen LogP contribution is -2.14. The molecule has 5 nitrogen and oxygen atoms in total. The van der Waals surface area contributed by atoms with Crippen LogP contribution in [-0.2, 0) is 0 Å². The Bertz CT molecular complexity index is 814. The first-order valence-corrected chi connectivity index (χ1v) is 7.07. The van der Waals surface area contributed by atoms with E-state index in [1.165, 1.54) is 4.80 Å². The Hall–Kier alpha value is -2.66. The summed E-state index contributed by atoms with van der Waals surface area (Å²) in [7, 11) is 0. The number of hydrogen-bond acceptors (Lipinski definition) is 3. The van der Waals surface area contributed by atoms with Gasteiger partial charge in [0, 0.05) is 10.7 Å². The number of rotatable bonds is 3. The summed E-state index contributed by atoms with van der Waals surface area (Å²) in [5.41, 5.74) is 2.25. The zero-order valence-electron chi connectivity index (χ0n) is 11.8. The molecule has 110 valence electrons. The van der Waals surface area contributed by atoms with Gasteiger partial charge in [-0.2, -0.15) is 9.90 Å². The van der Waals surface area contributed by atoms with Gasteiger partial charge in [0.25, 0.3) is 5.91 Å². The number of nitrogens with zero attached hydrogens (tertiary/aromatic N) is 3. The van der Waals surface area contributed by atoms with Crippen molar-refractivity contribution in [2.75, 3.05) is 5.32 Å². The Kier molecular flexibility index (Phi) is 3.89. The predicted octanol–water partition coefficient (Wildman–Crippen LogP) is 3.48. The van der Waals surface area contributed by atoms with E-state index in [1.807, 2.05) is 36.4 Å². The molecular weight excluding hydrogens is 300 g/mol. The van der Waals surface area contributed by atoms with Crippen molar-refractivity contribution in [2.24, 2.45) is 0 Å². The van der Waals surface area contributed by atoms with Crippen molar-refractivity contribution in [2.45, 2.75) is 6.92 Å². The van der Waals surface area contributed by atoms with Gasteiger partial charge in [-0.3, -0.25) is 4.79 Å². The van der Waals surface area contributed by atoms with Gasteiger partial charge in [0.05, 0.1) is 11.4 Å². The smallest absolute Gasteiger partial charge is 0.278 e. The molecular formula is C16H13ClN4O. The fourth-order valence-electron chi connectivity index (χ4n) is 2.02. The summed E-state index contributed by atoms with van der Waals surface area (Å²) in [4.78, 5) is 13.7. The lowest BCUT2D eigenvalue weighted by molar-refractivity contribution is 0.102. The summed E-state index contributed by atoms with van der Waals surface area (Å²) in [5, 5.41) is 11.9. The third kappa shape index (κ3) is 2.99. The Morgan fingerprint density at radius 1 is 1.09 bits per heavy atom. The van der Waals surface area contributed by atoms with Crippen LogP contribution < -0.4 is 5.32 Å². The highest BCUT2D eigenvalue weighted by Gasteiger charge is 2.16. The minimum absolute atomic E-state index is 0.281. The molecule has 0 saturated heterocycles. The molecule has 0 aliphatic rings. The monoisotopic (exact) mass is 312 g/mol. The summed E-state index contributed by atoms with van der Waals surface area (Å²) < 4.78 is 0. The molecule has 1 heterocycles. The number of aromatic nitrogens is 3. The molecule has 0 bridgehead atoms. The average Bonchev–Trinajstić information content (AvgIpc) is 2.90. The summed E-state index contributed by atoms with van der Waals surface area (Å²) >= 11 is 5.96. The van der Waals surface area contributed by atoms with Crippen LogP contribution in [0.15, 0.2) is 54.6 Å². The average molecular weight is 313 g/mol. The van der Waals surface area contributed by atoms with E-state index in [0.29, 0.717) is 22.1 Å². The summed E-state index contributed by atoms with van der Waals surface area (Å²) in [6.45, 7) is 1.74. The fraction of sp³-hybridized carbons (Fsp3) is 0.0625. The SMILES string of the molecule is Cc1nn(-c2cccc(Cl)c2)nc1C(=O)Nc1ccccc1. The number of nitrogens with one attached hydrogen (secondary N) is 1. The standard InChI is InChI=1S/C16H13ClN4O/c1-11-15(16(22)18-13-7-3-2-4-8-13)20-21(19-11)14-9-5-6-12(17)10-14/h2-10H,1H3,(H,18,22). The Morgan fingerprint density at radius 2 is 1.86 bits per heavy atom. The molecule has 0 aliphatic heterocycles. The van der Waals surface area contributed by atoms with E-state index >= 15 is 0 Å². The first kappa shape index (κ1) is 14.3. The zero-order chi connectivity index (χ0) is 15.5. The molecule has 0 fully saturated rings. The van der Waals surface area contributed by atoms with Crippen molar-refractivity contribution in [1.29, 1.82) is 0 Å². The van der Waals surface area contributed by atoms with E-state index in [1.54, 1.807) is 25.1 Å². The zero-order valence-corrected chi connectivity index (χ0v) is 12.6. The molecule has 1 aromatic heterocycles. The van der Waals surface area contributed by atoms with Crippen LogP contribution in [0.1, 0.15) is 16.2 Å². The number of para-hydroxylation sites is 1. The first-order chi connectivity index (χ1) is 10.6. The van der Waals surface area contributed by atoms with Crippen LogP contribution in [0.5, 0.6) is 0 Å². The molecule has 0 spiro atoms. The number of aryl methyl sites for hydroxylation is 1. The van der Waals surface area contributed by atoms with E-state index in [0.717, 1.165) is 0 Å². The van der Waals surface area contributed by atoms with Gasteiger partial charge in [-0.15, -0.1) is 5.10 Å². The van der Waals surface area contributed by atoms with Crippen molar-refractivity contribution in [3.8, 4) is 5.69 Å². The second kappa shape index (κ2) is 5.99. The van der Waals surface area contributed by atoms with E-state index < -0.39 is 0 Å². The number of anilines is 1. The van der Waals surface area contributed by atoms with Crippen molar-refractivity contribution in [3.05, 3.63) is 71.0 Å². The predicted molar refractivity (Wildman–Crippen MR) is 85.5 cm³/mol. The molecule has 1 N–H and O–H groups in total. The molecule has 6 heteroatoms. The van der Waals surface area contributed by atoms with E-state index in [4.69, 9.17) is 11.6 Å². The molecule has 1 amide bonds. The lowest BCUT2D eigenvalue weighted by atomic mass is 10.3. The minimum atomic E-state index is -0.294. The van der Waals surface area contributed by atoms with Crippen LogP contribution in [0.2, 0.25) is 5.02 Å². The van der Waals surface area contributed by atoms with Gasteiger partial charge in [0.15, 0.2) is 5.69 Å². The topological polar surface area (TPSA) is 59.8 Å². The van der Waals surface area contributed by atoms with Crippen LogP contribution in [0.3, 0.4) is 0 Å². The molecule has 22 heavy (non-hydrogen) atoms. The van der Waals surface area contributed by atoms with Gasteiger partial charge in [0.2, 0.25) is 0 Å². The molecule has 2 aromatic carbocycles. The van der Waals surface area contributed by atoms with E-state index in [-0.39, 0.29) is 11.6 Å². The van der Waals surface area contributed by atoms with Gasteiger partial charge in [-0.1, -0.05) is 35.9 Å². The van der Waals surface area contributed by atoms with Gasteiger partial charge in [0.1, 0.15) is 0 Å². The number of benzene rings is 2. The third-order valence-corrected chi connectivity index (χ3v) is 3.30. The minimum Gasteiger partial charge on any atom is -0.321 e. The van der Waals surface area contributed by atoms with Crippen LogP contribution in [0.25, 0.3) is 5.69 Å². The van der Waals surface area contributed by atoms with Gasteiger partial charge < -0.3 is 5.32 Å². The highest BCUT2D eigenvalue weighted by Crippen LogP contribution is 2.15. The number of hydrogen-bond donors (Lipinski definition) is 1. The third-order valence-electron chi connectivity index (χ3n) is 3.07. The molecule has 0 atom stereocenters. The highest BCUT2D eigenvalue weighted by atomic mass is 35.5. The maximum Gasteiger partial charge on any atom is 0.278 e. The number of halogens is 1. The maximum absolute atomic E-state index is 12.3. The van der Waals surface area contributed by atoms with Crippen LogP contribution in [0.4, 0.5) is 5.69 Å². The van der Waals surface area contributed by atoms with Crippen LogP contribution in [0, 0.1) is 6.92 Å². The molecule has 0 unspecified atom stereocenters. The van der Waals surface area contributed by atoms with Crippen molar-refractivity contribution < 1.29 is 4.79 Å². The Morgan fingerprint density at radius 3 is 2.59 bits per heavy atom. The fourth-order valence-corrected chi connectivity index (χ4v) is 2.20. The number of carbonyl (C=O) groups excluding carboxylic acids is 1. The van der Waals surface area contributed by atoms with Gasteiger partial charge >= 0.3 is 0 Å². The molecule has 3 rings (SSSR count). The molecule has 0 saturated carbocycles. The number of amides is 1. The maximum atomic E-state index is 12.3.